The van der Waals surface area contributed by atoms with Crippen molar-refractivity contribution in [3.8, 4) is 17.4 Å². The highest BCUT2D eigenvalue weighted by Crippen LogP contribution is 2.38. The van der Waals surface area contributed by atoms with E-state index < -0.39 is 4.92 Å². The van der Waals surface area contributed by atoms with Crippen molar-refractivity contribution in [2.75, 3.05) is 11.5 Å². The van der Waals surface area contributed by atoms with Gasteiger partial charge in [-0.2, -0.15) is 0 Å². The van der Waals surface area contributed by atoms with Gasteiger partial charge in [0.1, 0.15) is 6.20 Å². The minimum atomic E-state index is -0.529. The molecule has 0 bridgehead atoms. The third-order valence-corrected chi connectivity index (χ3v) is 6.16. The van der Waals surface area contributed by atoms with Gasteiger partial charge in [0.05, 0.1) is 22.1 Å². The molecule has 0 spiro atoms. The van der Waals surface area contributed by atoms with Gasteiger partial charge >= 0.3 is 0 Å². The second kappa shape index (κ2) is 10.0. The van der Waals surface area contributed by atoms with Crippen LogP contribution in [0.15, 0.2) is 65.7 Å². The Morgan fingerprint density at radius 1 is 1.18 bits per heavy atom. The van der Waals surface area contributed by atoms with E-state index in [4.69, 9.17) is 21.7 Å². The molecule has 2 aromatic carbocycles. The molecule has 1 aromatic heterocycles. The fourth-order valence-electron chi connectivity index (χ4n) is 3.26. The molecule has 0 saturated carbocycles. The van der Waals surface area contributed by atoms with Crippen LogP contribution in [0.4, 0.5) is 11.4 Å². The maximum Gasteiger partial charge on any atom is 0.287 e. The zero-order chi connectivity index (χ0) is 24.2. The number of ether oxygens (including phenoxy) is 2. The maximum absolute atomic E-state index is 13.1. The molecule has 1 aliphatic heterocycles. The highest BCUT2D eigenvalue weighted by atomic mass is 32.2. The lowest BCUT2D eigenvalue weighted by molar-refractivity contribution is -0.385. The van der Waals surface area contributed by atoms with E-state index in [0.717, 1.165) is 23.0 Å². The fourth-order valence-corrected chi connectivity index (χ4v) is 4.55. The summed E-state index contributed by atoms with van der Waals surface area (Å²) in [6.45, 7) is 4.17. The first-order valence-electron chi connectivity index (χ1n) is 10.3. The molecule has 34 heavy (non-hydrogen) atoms. The van der Waals surface area contributed by atoms with Gasteiger partial charge in [-0.15, -0.1) is 0 Å². The summed E-state index contributed by atoms with van der Waals surface area (Å²) in [5.41, 5.74) is 2.33. The van der Waals surface area contributed by atoms with Crippen molar-refractivity contribution in [1.29, 1.82) is 0 Å². The standard InChI is InChI=1S/C24H19N3O5S2/c1-3-31-20-12-16(8-10-19(20)32-22-11-9-17(14-25-22)27(29)30)13-21-23(28)26(24(33)34-21)18-7-5-4-6-15(18)2/h4-14H,3H2,1-2H3/b21-13-. The molecule has 0 N–H and O–H groups in total. The van der Waals surface area contributed by atoms with Crippen LogP contribution < -0.4 is 14.4 Å². The molecule has 1 fully saturated rings. The topological polar surface area (TPSA) is 94.8 Å². The van der Waals surface area contributed by atoms with E-state index in [-0.39, 0.29) is 17.5 Å². The first-order chi connectivity index (χ1) is 16.4. The number of aromatic nitrogens is 1. The Balaban J connectivity index is 1.59. The van der Waals surface area contributed by atoms with Crippen molar-refractivity contribution in [2.24, 2.45) is 0 Å². The summed E-state index contributed by atoms with van der Waals surface area (Å²) in [5, 5.41) is 10.8. The van der Waals surface area contributed by atoms with Crippen LogP contribution in [-0.4, -0.2) is 26.7 Å². The highest BCUT2D eigenvalue weighted by molar-refractivity contribution is 8.27. The second-order valence-corrected chi connectivity index (χ2v) is 8.83. The SMILES string of the molecule is CCOc1cc(/C=C2\SC(=S)N(c3ccccc3C)C2=O)ccc1Oc1ccc([N+](=O)[O-])cn1. The number of hydrogen-bond acceptors (Lipinski definition) is 8. The Hall–Kier alpha value is -3.76. The Labute approximate surface area is 205 Å². The van der Waals surface area contributed by atoms with Gasteiger partial charge in [0.25, 0.3) is 11.6 Å². The van der Waals surface area contributed by atoms with E-state index >= 15 is 0 Å². The largest absolute Gasteiger partial charge is 0.490 e. The molecule has 0 aliphatic carbocycles. The summed E-state index contributed by atoms with van der Waals surface area (Å²) in [7, 11) is 0. The number of nitro groups is 1. The number of aryl methyl sites for hydroxylation is 1. The summed E-state index contributed by atoms with van der Waals surface area (Å²) in [4.78, 5) is 29.4. The van der Waals surface area contributed by atoms with Gasteiger partial charge < -0.3 is 9.47 Å². The molecule has 0 radical (unpaired) electrons. The number of hydrogen-bond donors (Lipinski definition) is 0. The van der Waals surface area contributed by atoms with Crippen LogP contribution in [0.3, 0.4) is 0 Å². The van der Waals surface area contributed by atoms with E-state index in [2.05, 4.69) is 4.98 Å². The fraction of sp³-hybridized carbons (Fsp3) is 0.125. The van der Waals surface area contributed by atoms with Gasteiger partial charge in [0.15, 0.2) is 15.8 Å². The third-order valence-electron chi connectivity index (χ3n) is 4.86. The molecular weight excluding hydrogens is 474 g/mol. The smallest absolute Gasteiger partial charge is 0.287 e. The number of carbonyl (C=O) groups is 1. The van der Waals surface area contributed by atoms with Crippen LogP contribution in [-0.2, 0) is 4.79 Å². The average molecular weight is 494 g/mol. The van der Waals surface area contributed by atoms with Gasteiger partial charge in [0, 0.05) is 12.1 Å². The number of pyridine rings is 1. The number of thioether (sulfide) groups is 1. The van der Waals surface area contributed by atoms with E-state index in [1.165, 1.54) is 23.9 Å². The Kier molecular flexibility index (Phi) is 6.90. The van der Waals surface area contributed by atoms with Gasteiger partial charge in [-0.05, 0) is 49.2 Å². The molecule has 2 heterocycles. The molecule has 1 amide bonds. The Morgan fingerprint density at radius 3 is 2.65 bits per heavy atom. The van der Waals surface area contributed by atoms with E-state index in [0.29, 0.717) is 27.3 Å². The molecule has 10 heteroatoms. The zero-order valence-corrected chi connectivity index (χ0v) is 19.9. The molecule has 1 aliphatic rings. The number of nitrogens with zero attached hydrogens (tertiary/aromatic N) is 3. The van der Waals surface area contributed by atoms with Crippen LogP contribution in [0.5, 0.6) is 17.4 Å². The van der Waals surface area contributed by atoms with Crippen LogP contribution >= 0.6 is 24.0 Å². The van der Waals surface area contributed by atoms with Crippen LogP contribution in [0.2, 0.25) is 0 Å². The minimum Gasteiger partial charge on any atom is -0.490 e. The number of anilines is 1. The Morgan fingerprint density at radius 2 is 1.97 bits per heavy atom. The predicted octanol–water partition coefficient (Wildman–Crippen LogP) is 5.90. The summed E-state index contributed by atoms with van der Waals surface area (Å²) >= 11 is 6.71. The normalized spacial score (nSPS) is 14.5. The average Bonchev–Trinajstić information content (AvgIpc) is 3.09. The van der Waals surface area contributed by atoms with Gasteiger partial charge in [-0.25, -0.2) is 4.98 Å². The van der Waals surface area contributed by atoms with Crippen LogP contribution in [0, 0.1) is 17.0 Å². The number of rotatable bonds is 7. The van der Waals surface area contributed by atoms with Crippen LogP contribution in [0.25, 0.3) is 6.08 Å². The molecule has 0 unspecified atom stereocenters. The lowest BCUT2D eigenvalue weighted by atomic mass is 10.1. The lowest BCUT2D eigenvalue weighted by Crippen LogP contribution is -2.28. The van der Waals surface area contributed by atoms with Crippen molar-refractivity contribution >= 4 is 51.7 Å². The highest BCUT2D eigenvalue weighted by Gasteiger charge is 2.34. The minimum absolute atomic E-state index is 0.129. The summed E-state index contributed by atoms with van der Waals surface area (Å²) in [6.07, 6.45) is 2.88. The zero-order valence-electron chi connectivity index (χ0n) is 18.3. The van der Waals surface area contributed by atoms with E-state index in [1.54, 1.807) is 29.2 Å². The number of thiocarbonyl (C=S) groups is 1. The first kappa shape index (κ1) is 23.4. The summed E-state index contributed by atoms with van der Waals surface area (Å²) in [6, 6.07) is 15.6. The van der Waals surface area contributed by atoms with E-state index in [9.17, 15) is 14.9 Å². The number of amides is 1. The molecule has 3 aromatic rings. The predicted molar refractivity (Wildman–Crippen MR) is 135 cm³/mol. The Bertz CT molecular complexity index is 1310. The third kappa shape index (κ3) is 4.92. The number of para-hydroxylation sites is 1. The molecule has 172 valence electrons. The van der Waals surface area contributed by atoms with Crippen molar-refractivity contribution in [2.45, 2.75) is 13.8 Å². The lowest BCUT2D eigenvalue weighted by Gasteiger charge is -2.16. The second-order valence-electron chi connectivity index (χ2n) is 7.16. The number of benzene rings is 2. The van der Waals surface area contributed by atoms with Crippen molar-refractivity contribution in [3.63, 3.8) is 0 Å². The molecule has 0 atom stereocenters. The van der Waals surface area contributed by atoms with Crippen LogP contribution in [0.1, 0.15) is 18.1 Å². The molecule has 8 nitrogen and oxygen atoms in total. The first-order valence-corrected chi connectivity index (χ1v) is 11.5. The van der Waals surface area contributed by atoms with Crippen molar-refractivity contribution in [1.82, 2.24) is 4.98 Å². The van der Waals surface area contributed by atoms with Crippen molar-refractivity contribution in [3.05, 3.63) is 86.9 Å². The molecule has 1 saturated heterocycles. The quantitative estimate of drug-likeness (QED) is 0.174. The van der Waals surface area contributed by atoms with Gasteiger partial charge in [0.2, 0.25) is 5.88 Å². The number of carbonyl (C=O) groups excluding carboxylic acids is 1. The summed E-state index contributed by atoms with van der Waals surface area (Å²) in [5.74, 6) is 0.856. The monoisotopic (exact) mass is 493 g/mol. The maximum atomic E-state index is 13.1. The molecule has 4 rings (SSSR count). The van der Waals surface area contributed by atoms with Gasteiger partial charge in [-0.1, -0.05) is 48.2 Å². The van der Waals surface area contributed by atoms with Crippen molar-refractivity contribution < 1.29 is 19.2 Å². The molecular formula is C24H19N3O5S2. The summed E-state index contributed by atoms with van der Waals surface area (Å²) < 4.78 is 12.0. The van der Waals surface area contributed by atoms with Gasteiger partial charge in [-0.3, -0.25) is 19.8 Å². The van der Waals surface area contributed by atoms with E-state index in [1.807, 2.05) is 38.1 Å².